The van der Waals surface area contributed by atoms with E-state index in [0.29, 0.717) is 43.8 Å². The Bertz CT molecular complexity index is 682. The molecule has 2 fully saturated rings. The quantitative estimate of drug-likeness (QED) is 0.902. The van der Waals surface area contributed by atoms with Crippen LogP contribution in [-0.2, 0) is 11.2 Å². The fourth-order valence-electron chi connectivity index (χ4n) is 4.99. The van der Waals surface area contributed by atoms with Gasteiger partial charge in [0.1, 0.15) is 0 Å². The topological polar surface area (TPSA) is 75.4 Å². The molecule has 4 atom stereocenters. The van der Waals surface area contributed by atoms with Crippen LogP contribution < -0.4 is 0 Å². The summed E-state index contributed by atoms with van der Waals surface area (Å²) in [7, 11) is 0. The lowest BCUT2D eigenvalue weighted by molar-refractivity contribution is -0.141. The summed E-state index contributed by atoms with van der Waals surface area (Å²) < 4.78 is 2.05. The van der Waals surface area contributed by atoms with Crippen LogP contribution in [0.4, 0.5) is 0 Å². The van der Waals surface area contributed by atoms with Gasteiger partial charge in [0.25, 0.3) is 5.91 Å². The number of hydrogen-bond donors (Lipinski definition) is 1. The number of aryl methyl sites for hydroxylation is 1. The van der Waals surface area contributed by atoms with Crippen molar-refractivity contribution < 1.29 is 14.7 Å². The van der Waals surface area contributed by atoms with E-state index in [2.05, 4.69) is 12.0 Å². The van der Waals surface area contributed by atoms with E-state index in [1.807, 2.05) is 16.5 Å². The first-order chi connectivity index (χ1) is 11.5. The molecule has 3 aliphatic rings. The van der Waals surface area contributed by atoms with Crippen molar-refractivity contribution in [1.82, 2.24) is 14.7 Å². The average molecular weight is 331 g/mol. The third kappa shape index (κ3) is 2.34. The molecular weight excluding hydrogens is 306 g/mol. The van der Waals surface area contributed by atoms with E-state index in [1.54, 1.807) is 0 Å². The molecular formula is C18H25N3O3. The van der Waals surface area contributed by atoms with Gasteiger partial charge in [-0.05, 0) is 57.8 Å². The minimum Gasteiger partial charge on any atom is -0.481 e. The van der Waals surface area contributed by atoms with Gasteiger partial charge in [-0.15, -0.1) is 0 Å². The van der Waals surface area contributed by atoms with Crippen molar-refractivity contribution in [3.8, 4) is 0 Å². The van der Waals surface area contributed by atoms with Crippen molar-refractivity contribution in [2.24, 2.45) is 17.8 Å². The van der Waals surface area contributed by atoms with Gasteiger partial charge in [0.15, 0.2) is 0 Å². The molecule has 1 aromatic rings. The molecule has 0 bridgehead atoms. The van der Waals surface area contributed by atoms with Gasteiger partial charge in [0.2, 0.25) is 0 Å². The number of aromatic nitrogens is 2. The molecule has 0 aromatic carbocycles. The Morgan fingerprint density at radius 2 is 1.88 bits per heavy atom. The Kier molecular flexibility index (Phi) is 3.66. The van der Waals surface area contributed by atoms with Crippen molar-refractivity contribution in [1.29, 1.82) is 0 Å². The molecule has 6 heteroatoms. The van der Waals surface area contributed by atoms with E-state index in [1.165, 1.54) is 0 Å². The van der Waals surface area contributed by atoms with Crippen LogP contribution in [0.1, 0.15) is 60.4 Å². The Balaban J connectivity index is 1.54. The normalized spacial score (nSPS) is 31.8. The zero-order valence-corrected chi connectivity index (χ0v) is 14.4. The van der Waals surface area contributed by atoms with E-state index in [4.69, 9.17) is 0 Å². The predicted molar refractivity (Wildman–Crippen MR) is 87.9 cm³/mol. The molecule has 1 amide bonds. The predicted octanol–water partition coefficient (Wildman–Crippen LogP) is 2.27. The highest BCUT2D eigenvalue weighted by Crippen LogP contribution is 2.42. The fourth-order valence-corrected chi connectivity index (χ4v) is 4.99. The van der Waals surface area contributed by atoms with Gasteiger partial charge in [0.05, 0.1) is 22.9 Å². The summed E-state index contributed by atoms with van der Waals surface area (Å²) >= 11 is 0. The molecule has 0 spiro atoms. The van der Waals surface area contributed by atoms with E-state index in [-0.39, 0.29) is 11.8 Å². The molecule has 130 valence electrons. The second kappa shape index (κ2) is 5.60. The number of nitrogens with zero attached hydrogens (tertiary/aromatic N) is 3. The van der Waals surface area contributed by atoms with Crippen molar-refractivity contribution >= 4 is 11.9 Å². The van der Waals surface area contributed by atoms with Crippen molar-refractivity contribution in [3.05, 3.63) is 17.0 Å². The van der Waals surface area contributed by atoms with Crippen LogP contribution in [0.5, 0.6) is 0 Å². The first-order valence-corrected chi connectivity index (χ1v) is 9.05. The lowest BCUT2D eigenvalue weighted by Crippen LogP contribution is -2.32. The number of likely N-dealkylation sites (tertiary alicyclic amines) is 1. The zero-order chi connectivity index (χ0) is 17.0. The molecule has 1 aliphatic carbocycles. The van der Waals surface area contributed by atoms with Crippen molar-refractivity contribution in [2.75, 3.05) is 13.1 Å². The third-order valence-electron chi connectivity index (χ3n) is 6.24. The molecule has 3 heterocycles. The minimum atomic E-state index is -0.683. The van der Waals surface area contributed by atoms with E-state index >= 15 is 0 Å². The highest BCUT2D eigenvalue weighted by atomic mass is 16.4. The highest BCUT2D eigenvalue weighted by molar-refractivity contribution is 5.96. The number of rotatable bonds is 2. The standard InChI is InChI=1S/C18H25N3O3/c1-10-4-3-5-15-16(11(2)19-21(10)15)17(22)20-8-13-6-12(18(23)24)7-14(13)9-20/h10,12-14H,3-9H2,1-2H3,(H,23,24)/t10?,12?,13-,14+. The molecule has 1 N–H and O–H groups in total. The van der Waals surface area contributed by atoms with Gasteiger partial charge in [0, 0.05) is 19.1 Å². The van der Waals surface area contributed by atoms with Crippen molar-refractivity contribution in [2.45, 2.75) is 52.0 Å². The van der Waals surface area contributed by atoms with Crippen LogP contribution in [0.25, 0.3) is 0 Å². The summed E-state index contributed by atoms with van der Waals surface area (Å²) in [6, 6.07) is 0.364. The van der Waals surface area contributed by atoms with Crippen LogP contribution in [0.2, 0.25) is 0 Å². The molecule has 2 aliphatic heterocycles. The third-order valence-corrected chi connectivity index (χ3v) is 6.24. The van der Waals surface area contributed by atoms with Gasteiger partial charge in [-0.25, -0.2) is 0 Å². The van der Waals surface area contributed by atoms with Crippen molar-refractivity contribution in [3.63, 3.8) is 0 Å². The number of amides is 1. The van der Waals surface area contributed by atoms with Gasteiger partial charge in [-0.3, -0.25) is 14.3 Å². The minimum absolute atomic E-state index is 0.101. The largest absolute Gasteiger partial charge is 0.481 e. The molecule has 24 heavy (non-hydrogen) atoms. The number of fused-ring (bicyclic) bond motifs is 2. The van der Waals surface area contributed by atoms with Gasteiger partial charge < -0.3 is 10.0 Å². The first-order valence-electron chi connectivity index (χ1n) is 9.05. The maximum absolute atomic E-state index is 13.1. The second-order valence-corrected chi connectivity index (χ2v) is 7.83. The number of carbonyl (C=O) groups is 2. The summed E-state index contributed by atoms with van der Waals surface area (Å²) in [6.45, 7) is 5.50. The number of carboxylic acid groups (broad SMARTS) is 1. The summed E-state index contributed by atoms with van der Waals surface area (Å²) in [5.41, 5.74) is 2.73. The Morgan fingerprint density at radius 3 is 2.50 bits per heavy atom. The van der Waals surface area contributed by atoms with Gasteiger partial charge in [-0.1, -0.05) is 0 Å². The zero-order valence-electron chi connectivity index (χ0n) is 14.4. The van der Waals surface area contributed by atoms with Crippen LogP contribution in [-0.4, -0.2) is 44.8 Å². The van der Waals surface area contributed by atoms with Crippen LogP contribution >= 0.6 is 0 Å². The monoisotopic (exact) mass is 331 g/mol. The molecule has 1 saturated heterocycles. The summed E-state index contributed by atoms with van der Waals surface area (Å²) in [5, 5.41) is 13.8. The van der Waals surface area contributed by atoms with Crippen LogP contribution in [0.15, 0.2) is 0 Å². The van der Waals surface area contributed by atoms with Gasteiger partial charge in [-0.2, -0.15) is 5.10 Å². The molecule has 1 saturated carbocycles. The summed E-state index contributed by atoms with van der Waals surface area (Å²) in [4.78, 5) is 26.2. The number of aliphatic carboxylic acids is 1. The Hall–Kier alpha value is -1.85. The van der Waals surface area contributed by atoms with Crippen LogP contribution in [0, 0.1) is 24.7 Å². The Morgan fingerprint density at radius 1 is 1.21 bits per heavy atom. The SMILES string of the molecule is Cc1nn2c(c1C(=O)N1C[C@H]3CC(C(=O)O)C[C@H]3C1)CCCC2C. The summed E-state index contributed by atoms with van der Waals surface area (Å²) in [6.07, 6.45) is 4.58. The molecule has 4 rings (SSSR count). The first kappa shape index (κ1) is 15.7. The molecule has 2 unspecified atom stereocenters. The van der Waals surface area contributed by atoms with E-state index in [0.717, 1.165) is 36.2 Å². The van der Waals surface area contributed by atoms with E-state index < -0.39 is 5.97 Å². The second-order valence-electron chi connectivity index (χ2n) is 7.83. The smallest absolute Gasteiger partial charge is 0.306 e. The number of carboxylic acids is 1. The Labute approximate surface area is 141 Å². The average Bonchev–Trinajstić information content (AvgIpc) is 3.17. The number of carbonyl (C=O) groups excluding carboxylic acids is 1. The molecule has 0 radical (unpaired) electrons. The maximum Gasteiger partial charge on any atom is 0.306 e. The van der Waals surface area contributed by atoms with Crippen LogP contribution in [0.3, 0.4) is 0 Å². The summed E-state index contributed by atoms with van der Waals surface area (Å²) in [5.74, 6) is -0.105. The molecule has 6 nitrogen and oxygen atoms in total. The number of hydrogen-bond acceptors (Lipinski definition) is 3. The highest BCUT2D eigenvalue weighted by Gasteiger charge is 2.45. The van der Waals surface area contributed by atoms with Gasteiger partial charge >= 0.3 is 5.97 Å². The fraction of sp³-hybridized carbons (Fsp3) is 0.722. The maximum atomic E-state index is 13.1. The van der Waals surface area contributed by atoms with E-state index in [9.17, 15) is 14.7 Å². The lowest BCUT2D eigenvalue weighted by Gasteiger charge is -2.23. The lowest BCUT2D eigenvalue weighted by atomic mass is 10.00. The molecule has 1 aromatic heterocycles.